The van der Waals surface area contributed by atoms with E-state index in [1.165, 1.54) is 16.9 Å². The first kappa shape index (κ1) is 11.0. The zero-order valence-corrected chi connectivity index (χ0v) is 10.8. The Hall–Kier alpha value is -1.92. The van der Waals surface area contributed by atoms with Gasteiger partial charge in [0, 0.05) is 23.2 Å². The van der Waals surface area contributed by atoms with E-state index in [-0.39, 0.29) is 11.5 Å². The highest BCUT2D eigenvalue weighted by Crippen LogP contribution is 2.36. The van der Waals surface area contributed by atoms with E-state index in [4.69, 9.17) is 4.74 Å². The molecule has 5 nitrogen and oxygen atoms in total. The van der Waals surface area contributed by atoms with Crippen LogP contribution in [0, 0.1) is 0 Å². The Morgan fingerprint density at radius 1 is 1.47 bits per heavy atom. The number of aromatic amines is 2. The number of rotatable bonds is 1. The van der Waals surface area contributed by atoms with Crippen LogP contribution in [0.15, 0.2) is 28.6 Å². The first-order valence-corrected chi connectivity index (χ1v) is 6.91. The molecule has 0 fully saturated rings. The zero-order valence-electron chi connectivity index (χ0n) is 9.97. The van der Waals surface area contributed by atoms with Crippen molar-refractivity contribution in [3.63, 3.8) is 0 Å². The minimum absolute atomic E-state index is 0.0276. The Kier molecular flexibility index (Phi) is 2.33. The summed E-state index contributed by atoms with van der Waals surface area (Å²) in [5.41, 5.74) is 3.11. The molecule has 3 aromatic rings. The van der Waals surface area contributed by atoms with E-state index < -0.39 is 0 Å². The molecule has 1 atom stereocenters. The predicted octanol–water partition coefficient (Wildman–Crippen LogP) is 1.97. The Balaban J connectivity index is 2.04. The van der Waals surface area contributed by atoms with Crippen LogP contribution in [0.1, 0.15) is 22.7 Å². The summed E-state index contributed by atoms with van der Waals surface area (Å²) in [4.78, 5) is 14.9. The summed E-state index contributed by atoms with van der Waals surface area (Å²) in [6.45, 7) is 1.08. The van der Waals surface area contributed by atoms with Crippen molar-refractivity contribution in [3.8, 4) is 0 Å². The Bertz CT molecular complexity index is 788. The van der Waals surface area contributed by atoms with Crippen LogP contribution in [-0.4, -0.2) is 21.8 Å². The Morgan fingerprint density at radius 2 is 2.42 bits per heavy atom. The normalized spacial score (nSPS) is 18.6. The van der Waals surface area contributed by atoms with Gasteiger partial charge in [0.05, 0.1) is 24.1 Å². The molecular formula is C13H11N3O2S. The van der Waals surface area contributed by atoms with E-state index in [1.807, 2.05) is 23.8 Å². The minimum atomic E-state index is -0.0276. The van der Waals surface area contributed by atoms with Crippen LogP contribution in [0.2, 0.25) is 0 Å². The van der Waals surface area contributed by atoms with E-state index in [1.54, 1.807) is 0 Å². The van der Waals surface area contributed by atoms with Gasteiger partial charge in [-0.3, -0.25) is 9.89 Å². The van der Waals surface area contributed by atoms with Gasteiger partial charge in [-0.1, -0.05) is 0 Å². The molecule has 0 bridgehead atoms. The lowest BCUT2D eigenvalue weighted by Gasteiger charge is -2.25. The number of thiophene rings is 1. The number of H-pyrrole nitrogens is 2. The summed E-state index contributed by atoms with van der Waals surface area (Å²) in [5.74, 6) is 0.122. The number of hydrogen-bond acceptors (Lipinski definition) is 4. The molecule has 0 amide bonds. The molecule has 1 aliphatic rings. The smallest absolute Gasteiger partial charge is 0.266 e. The molecule has 0 saturated carbocycles. The van der Waals surface area contributed by atoms with Gasteiger partial charge in [-0.15, -0.1) is 11.3 Å². The Labute approximate surface area is 112 Å². The quantitative estimate of drug-likeness (QED) is 0.712. The van der Waals surface area contributed by atoms with Crippen molar-refractivity contribution < 1.29 is 4.74 Å². The zero-order chi connectivity index (χ0) is 12.8. The average molecular weight is 273 g/mol. The summed E-state index contributed by atoms with van der Waals surface area (Å²) in [6.07, 6.45) is 3.69. The van der Waals surface area contributed by atoms with Gasteiger partial charge in [-0.05, 0) is 22.6 Å². The summed E-state index contributed by atoms with van der Waals surface area (Å²) < 4.78 is 6.39. The second kappa shape index (κ2) is 4.04. The lowest BCUT2D eigenvalue weighted by Crippen LogP contribution is -2.22. The van der Waals surface area contributed by atoms with Gasteiger partial charge in [0.1, 0.15) is 0 Å². The van der Waals surface area contributed by atoms with Gasteiger partial charge in [-0.25, -0.2) is 0 Å². The summed E-state index contributed by atoms with van der Waals surface area (Å²) >= 11 is 1.48. The van der Waals surface area contributed by atoms with Gasteiger partial charge >= 0.3 is 0 Å². The van der Waals surface area contributed by atoms with Gasteiger partial charge in [0.2, 0.25) is 0 Å². The highest BCUT2D eigenvalue weighted by atomic mass is 32.1. The number of ether oxygens (including phenoxy) is 1. The molecule has 0 radical (unpaired) electrons. The lowest BCUT2D eigenvalue weighted by atomic mass is 9.89. The van der Waals surface area contributed by atoms with Gasteiger partial charge in [0.15, 0.2) is 0 Å². The van der Waals surface area contributed by atoms with Crippen molar-refractivity contribution in [1.82, 2.24) is 15.2 Å². The van der Waals surface area contributed by atoms with E-state index >= 15 is 0 Å². The fraction of sp³-hybridized carbons (Fsp3) is 0.231. The summed E-state index contributed by atoms with van der Waals surface area (Å²) in [7, 11) is 0. The van der Waals surface area contributed by atoms with Crippen LogP contribution in [0.4, 0.5) is 0 Å². The number of aromatic nitrogens is 3. The van der Waals surface area contributed by atoms with Crippen LogP contribution in [0.5, 0.6) is 0 Å². The van der Waals surface area contributed by atoms with Crippen LogP contribution >= 0.6 is 11.3 Å². The van der Waals surface area contributed by atoms with Crippen molar-refractivity contribution in [2.75, 3.05) is 6.61 Å². The fourth-order valence-corrected chi connectivity index (χ4v) is 3.51. The molecule has 4 heterocycles. The molecule has 19 heavy (non-hydrogen) atoms. The maximum atomic E-state index is 12.0. The van der Waals surface area contributed by atoms with E-state index in [0.717, 1.165) is 21.3 Å². The molecule has 0 spiro atoms. The third-order valence-electron chi connectivity index (χ3n) is 3.55. The third-order valence-corrected chi connectivity index (χ3v) is 4.47. The maximum Gasteiger partial charge on any atom is 0.266 e. The summed E-state index contributed by atoms with van der Waals surface area (Å²) in [5, 5.41) is 9.84. The highest BCUT2D eigenvalue weighted by molar-refractivity contribution is 7.17. The SMILES string of the molecule is O=c1[nH]c2c(c3ccsc13)C(c1cn[nH]c1)COC2. The molecule has 1 unspecified atom stereocenters. The van der Waals surface area contributed by atoms with Crippen molar-refractivity contribution in [3.05, 3.63) is 51.0 Å². The number of hydrogen-bond donors (Lipinski definition) is 2. The number of fused-ring (bicyclic) bond motifs is 3. The molecule has 3 aromatic heterocycles. The molecule has 1 aliphatic heterocycles. The second-order valence-corrected chi connectivity index (χ2v) is 5.53. The lowest BCUT2D eigenvalue weighted by molar-refractivity contribution is 0.0967. The van der Waals surface area contributed by atoms with Crippen LogP contribution < -0.4 is 5.56 Å². The molecule has 0 saturated heterocycles. The van der Waals surface area contributed by atoms with Crippen molar-refractivity contribution >= 4 is 21.4 Å². The predicted molar refractivity (Wildman–Crippen MR) is 72.5 cm³/mol. The maximum absolute atomic E-state index is 12.0. The molecular weight excluding hydrogens is 262 g/mol. The first-order chi connectivity index (χ1) is 9.34. The first-order valence-electron chi connectivity index (χ1n) is 6.03. The number of nitrogens with one attached hydrogen (secondary N) is 2. The van der Waals surface area contributed by atoms with E-state index in [0.29, 0.717) is 13.2 Å². The monoisotopic (exact) mass is 273 g/mol. The van der Waals surface area contributed by atoms with Crippen LogP contribution in [-0.2, 0) is 11.3 Å². The molecule has 6 heteroatoms. The standard InChI is InChI=1S/C13H11N3O2S/c17-13-12-8(1-2-19-12)11-9(7-3-14-15-4-7)5-18-6-10(11)16-13/h1-4,9H,5-6H2,(H,14,15)(H,16,17). The Morgan fingerprint density at radius 3 is 3.26 bits per heavy atom. The average Bonchev–Trinajstić information content (AvgIpc) is 3.10. The van der Waals surface area contributed by atoms with Crippen LogP contribution in [0.25, 0.3) is 10.1 Å². The summed E-state index contributed by atoms with van der Waals surface area (Å²) in [6, 6.07) is 2.02. The van der Waals surface area contributed by atoms with Crippen molar-refractivity contribution in [2.24, 2.45) is 0 Å². The highest BCUT2D eigenvalue weighted by Gasteiger charge is 2.27. The van der Waals surface area contributed by atoms with E-state index in [2.05, 4.69) is 15.2 Å². The molecule has 4 rings (SSSR count). The van der Waals surface area contributed by atoms with Gasteiger partial charge in [-0.2, -0.15) is 5.10 Å². The topological polar surface area (TPSA) is 70.8 Å². The van der Waals surface area contributed by atoms with Gasteiger partial charge < -0.3 is 9.72 Å². The molecule has 2 N–H and O–H groups in total. The van der Waals surface area contributed by atoms with Crippen LogP contribution in [0.3, 0.4) is 0 Å². The van der Waals surface area contributed by atoms with Gasteiger partial charge in [0.25, 0.3) is 5.56 Å². The minimum Gasteiger partial charge on any atom is -0.374 e. The molecule has 0 aliphatic carbocycles. The van der Waals surface area contributed by atoms with Crippen molar-refractivity contribution in [1.29, 1.82) is 0 Å². The molecule has 96 valence electrons. The third kappa shape index (κ3) is 1.57. The second-order valence-electron chi connectivity index (χ2n) is 4.61. The number of pyridine rings is 1. The number of nitrogens with zero attached hydrogens (tertiary/aromatic N) is 1. The fourth-order valence-electron chi connectivity index (χ4n) is 2.71. The van der Waals surface area contributed by atoms with E-state index in [9.17, 15) is 4.79 Å². The van der Waals surface area contributed by atoms with Crippen molar-refractivity contribution in [2.45, 2.75) is 12.5 Å². The molecule has 0 aromatic carbocycles. The largest absolute Gasteiger partial charge is 0.374 e.